The largest absolute Gasteiger partial charge is 0.494 e. The zero-order chi connectivity index (χ0) is 21.1. The summed E-state index contributed by atoms with van der Waals surface area (Å²) in [6.45, 7) is 3.60. The molecule has 2 aromatic carbocycles. The third-order valence-corrected chi connectivity index (χ3v) is 7.48. The summed E-state index contributed by atoms with van der Waals surface area (Å²) in [6, 6.07) is 12.5. The molecule has 7 heteroatoms. The molecular formula is C23H26N2O4S. The minimum Gasteiger partial charge on any atom is -0.494 e. The fourth-order valence-electron chi connectivity index (χ4n) is 4.02. The molecule has 1 N–H and O–H groups in total. The Morgan fingerprint density at radius 3 is 2.37 bits per heavy atom. The highest BCUT2D eigenvalue weighted by Crippen LogP contribution is 2.32. The van der Waals surface area contributed by atoms with E-state index in [-0.39, 0.29) is 4.90 Å². The molecule has 0 aliphatic carbocycles. The summed E-state index contributed by atoms with van der Waals surface area (Å²) in [5.74, 6) is 0.760. The summed E-state index contributed by atoms with van der Waals surface area (Å²) in [5.41, 5.74) is 2.71. The van der Waals surface area contributed by atoms with Crippen LogP contribution in [-0.4, -0.2) is 43.7 Å². The lowest BCUT2D eigenvalue weighted by atomic mass is 10.1. The molecule has 158 valence electrons. The molecule has 1 fully saturated rings. The predicted octanol–water partition coefficient (Wildman–Crippen LogP) is 4.61. The summed E-state index contributed by atoms with van der Waals surface area (Å²) in [4.78, 5) is 15.5. The van der Waals surface area contributed by atoms with Crippen LogP contribution in [0.25, 0.3) is 22.2 Å². The first-order valence-electron chi connectivity index (χ1n) is 10.4. The molecule has 1 aliphatic heterocycles. The standard InChI is InChI=1S/C23H26N2O4S/c1-2-29-18-9-7-17(8-10-18)23-21(16-26)20-15-19(11-12-22(20)24-23)30(27,28)25-13-5-3-4-6-14-25/h7-12,15-16,24H,2-6,13-14H2,1H3. The number of carbonyl (C=O) groups excluding carboxylic acids is 1. The van der Waals surface area contributed by atoms with Gasteiger partial charge < -0.3 is 9.72 Å². The Kier molecular flexibility index (Phi) is 5.92. The molecule has 3 aromatic rings. The van der Waals surface area contributed by atoms with Gasteiger partial charge in [0.15, 0.2) is 6.29 Å². The predicted molar refractivity (Wildman–Crippen MR) is 118 cm³/mol. The normalized spacial score (nSPS) is 15.8. The Labute approximate surface area is 176 Å². The number of nitrogens with zero attached hydrogens (tertiary/aromatic N) is 1. The zero-order valence-corrected chi connectivity index (χ0v) is 17.9. The van der Waals surface area contributed by atoms with Crippen molar-refractivity contribution in [1.82, 2.24) is 9.29 Å². The smallest absolute Gasteiger partial charge is 0.243 e. The van der Waals surface area contributed by atoms with E-state index in [1.54, 1.807) is 22.5 Å². The number of benzene rings is 2. The molecule has 1 aromatic heterocycles. The second-order valence-corrected chi connectivity index (χ2v) is 9.45. The number of aromatic amines is 1. The van der Waals surface area contributed by atoms with Crippen molar-refractivity contribution < 1.29 is 17.9 Å². The molecule has 4 rings (SSSR count). The molecule has 1 aliphatic rings. The maximum absolute atomic E-state index is 13.2. The maximum atomic E-state index is 13.2. The van der Waals surface area contributed by atoms with Crippen molar-refractivity contribution in [3.8, 4) is 17.0 Å². The first-order valence-corrected chi connectivity index (χ1v) is 11.8. The number of aromatic nitrogens is 1. The fraction of sp³-hybridized carbons (Fsp3) is 0.348. The summed E-state index contributed by atoms with van der Waals surface area (Å²) in [7, 11) is -3.58. The van der Waals surface area contributed by atoms with Crippen LogP contribution in [0.3, 0.4) is 0 Å². The number of rotatable bonds is 6. The van der Waals surface area contributed by atoms with E-state index in [9.17, 15) is 13.2 Å². The number of hydrogen-bond donors (Lipinski definition) is 1. The number of ether oxygens (including phenoxy) is 1. The molecule has 0 amide bonds. The minimum atomic E-state index is -3.58. The van der Waals surface area contributed by atoms with Crippen LogP contribution in [0.4, 0.5) is 0 Å². The number of H-pyrrole nitrogens is 1. The molecule has 1 saturated heterocycles. The molecule has 0 spiro atoms. The number of fused-ring (bicyclic) bond motifs is 1. The van der Waals surface area contributed by atoms with Crippen molar-refractivity contribution in [3.05, 3.63) is 48.0 Å². The summed E-state index contributed by atoms with van der Waals surface area (Å²) in [6.07, 6.45) is 4.67. The van der Waals surface area contributed by atoms with Gasteiger partial charge in [-0.3, -0.25) is 4.79 Å². The Morgan fingerprint density at radius 2 is 1.73 bits per heavy atom. The third kappa shape index (κ3) is 3.87. The first kappa shape index (κ1) is 20.6. The van der Waals surface area contributed by atoms with Gasteiger partial charge in [-0.2, -0.15) is 4.31 Å². The van der Waals surface area contributed by atoms with Crippen molar-refractivity contribution >= 4 is 27.2 Å². The molecule has 0 saturated carbocycles. The average Bonchev–Trinajstić information content (AvgIpc) is 2.91. The van der Waals surface area contributed by atoms with Crippen LogP contribution in [-0.2, 0) is 10.0 Å². The number of sulfonamides is 1. The lowest BCUT2D eigenvalue weighted by Gasteiger charge is -2.20. The van der Waals surface area contributed by atoms with Gasteiger partial charge in [-0.25, -0.2) is 8.42 Å². The highest BCUT2D eigenvalue weighted by Gasteiger charge is 2.26. The number of nitrogens with one attached hydrogen (secondary N) is 1. The molecule has 0 unspecified atom stereocenters. The lowest BCUT2D eigenvalue weighted by Crippen LogP contribution is -2.31. The molecule has 0 bridgehead atoms. The maximum Gasteiger partial charge on any atom is 0.243 e. The van der Waals surface area contributed by atoms with Gasteiger partial charge in [-0.1, -0.05) is 12.8 Å². The Balaban J connectivity index is 1.75. The molecular weight excluding hydrogens is 400 g/mol. The summed E-state index contributed by atoms with van der Waals surface area (Å²) >= 11 is 0. The molecule has 0 radical (unpaired) electrons. The SMILES string of the molecule is CCOc1ccc(-c2[nH]c3ccc(S(=O)(=O)N4CCCCCC4)cc3c2C=O)cc1. The topological polar surface area (TPSA) is 79.5 Å². The third-order valence-electron chi connectivity index (χ3n) is 5.58. The fourth-order valence-corrected chi connectivity index (χ4v) is 5.56. The number of aldehydes is 1. The van der Waals surface area contributed by atoms with E-state index in [4.69, 9.17) is 4.74 Å². The Morgan fingerprint density at radius 1 is 1.03 bits per heavy atom. The van der Waals surface area contributed by atoms with Crippen LogP contribution >= 0.6 is 0 Å². The van der Waals surface area contributed by atoms with Gasteiger partial charge in [0.25, 0.3) is 0 Å². The second-order valence-electron chi connectivity index (χ2n) is 7.51. The van der Waals surface area contributed by atoms with E-state index in [0.717, 1.165) is 48.8 Å². The van der Waals surface area contributed by atoms with Crippen molar-refractivity contribution in [2.24, 2.45) is 0 Å². The van der Waals surface area contributed by atoms with E-state index in [0.29, 0.717) is 36.3 Å². The summed E-state index contributed by atoms with van der Waals surface area (Å²) in [5, 5.41) is 0.616. The molecule has 0 atom stereocenters. The van der Waals surface area contributed by atoms with Gasteiger partial charge in [-0.15, -0.1) is 0 Å². The zero-order valence-electron chi connectivity index (χ0n) is 17.1. The van der Waals surface area contributed by atoms with Crippen LogP contribution < -0.4 is 4.74 Å². The van der Waals surface area contributed by atoms with Crippen LogP contribution in [0, 0.1) is 0 Å². The molecule has 30 heavy (non-hydrogen) atoms. The van der Waals surface area contributed by atoms with Crippen LogP contribution in [0.15, 0.2) is 47.4 Å². The van der Waals surface area contributed by atoms with Gasteiger partial charge >= 0.3 is 0 Å². The Hall–Kier alpha value is -2.64. The van der Waals surface area contributed by atoms with Gasteiger partial charge in [0.1, 0.15) is 5.75 Å². The van der Waals surface area contributed by atoms with E-state index < -0.39 is 10.0 Å². The second kappa shape index (κ2) is 8.62. The highest BCUT2D eigenvalue weighted by atomic mass is 32.2. The summed E-state index contributed by atoms with van der Waals surface area (Å²) < 4.78 is 33.4. The van der Waals surface area contributed by atoms with Crippen molar-refractivity contribution in [2.45, 2.75) is 37.5 Å². The van der Waals surface area contributed by atoms with Gasteiger partial charge in [-0.05, 0) is 67.8 Å². The molecule has 6 nitrogen and oxygen atoms in total. The van der Waals surface area contributed by atoms with E-state index in [1.807, 2.05) is 31.2 Å². The van der Waals surface area contributed by atoms with E-state index >= 15 is 0 Å². The van der Waals surface area contributed by atoms with Crippen molar-refractivity contribution in [3.63, 3.8) is 0 Å². The van der Waals surface area contributed by atoms with Gasteiger partial charge in [0.2, 0.25) is 10.0 Å². The van der Waals surface area contributed by atoms with Crippen molar-refractivity contribution in [1.29, 1.82) is 0 Å². The quantitative estimate of drug-likeness (QED) is 0.584. The minimum absolute atomic E-state index is 0.234. The van der Waals surface area contributed by atoms with Crippen LogP contribution in [0.5, 0.6) is 5.75 Å². The average molecular weight is 427 g/mol. The van der Waals surface area contributed by atoms with Crippen molar-refractivity contribution in [2.75, 3.05) is 19.7 Å². The van der Waals surface area contributed by atoms with E-state index in [1.165, 1.54) is 0 Å². The first-order chi connectivity index (χ1) is 14.5. The van der Waals surface area contributed by atoms with Gasteiger partial charge in [0, 0.05) is 29.6 Å². The highest BCUT2D eigenvalue weighted by molar-refractivity contribution is 7.89. The number of hydrogen-bond acceptors (Lipinski definition) is 4. The molecule has 2 heterocycles. The van der Waals surface area contributed by atoms with Gasteiger partial charge in [0.05, 0.1) is 17.2 Å². The lowest BCUT2D eigenvalue weighted by molar-refractivity contribution is 0.112. The van der Waals surface area contributed by atoms with Crippen LogP contribution in [0.1, 0.15) is 43.0 Å². The van der Waals surface area contributed by atoms with Crippen LogP contribution in [0.2, 0.25) is 0 Å². The monoisotopic (exact) mass is 426 g/mol. The number of carbonyl (C=O) groups is 1. The Bertz CT molecular complexity index is 1140. The van der Waals surface area contributed by atoms with E-state index in [2.05, 4.69) is 4.98 Å².